The Bertz CT molecular complexity index is 1850. The summed E-state index contributed by atoms with van der Waals surface area (Å²) in [6.07, 6.45) is 5.74. The van der Waals surface area contributed by atoms with Crippen LogP contribution in [0.15, 0.2) is 84.8 Å². The number of nitrogens with one attached hydrogen (secondary N) is 4. The molecule has 1 aliphatic heterocycles. The molecule has 0 amide bonds. The van der Waals surface area contributed by atoms with Crippen LogP contribution in [0.25, 0.3) is 10.9 Å². The second-order valence-electron chi connectivity index (χ2n) is 10.5. The van der Waals surface area contributed by atoms with Gasteiger partial charge in [-0.3, -0.25) is 9.99 Å². The monoisotopic (exact) mass is 581 g/mol. The second-order valence-corrected chi connectivity index (χ2v) is 10.9. The molecule has 11 heteroatoms. The zero-order valence-electron chi connectivity index (χ0n) is 23.0. The number of halogens is 1. The van der Waals surface area contributed by atoms with Crippen molar-refractivity contribution in [1.82, 2.24) is 21.0 Å². The topological polar surface area (TPSA) is 136 Å². The summed E-state index contributed by atoms with van der Waals surface area (Å²) in [5, 5.41) is 39.0. The van der Waals surface area contributed by atoms with Gasteiger partial charge in [0.25, 0.3) is 0 Å². The van der Waals surface area contributed by atoms with Gasteiger partial charge in [0.15, 0.2) is 0 Å². The van der Waals surface area contributed by atoms with Crippen molar-refractivity contribution < 1.29 is 0 Å². The summed E-state index contributed by atoms with van der Waals surface area (Å²) in [5.74, 6) is 0. The molecular formula is C32H25BClN9. The number of anilines is 2. The van der Waals surface area contributed by atoms with Gasteiger partial charge in [-0.1, -0.05) is 54.1 Å². The molecule has 1 saturated carbocycles. The van der Waals surface area contributed by atoms with Gasteiger partial charge in [-0.05, 0) is 48.2 Å². The predicted molar refractivity (Wildman–Crippen MR) is 166 cm³/mol. The number of hydrogen-bond acceptors (Lipinski definition) is 9. The molecular weight excluding hydrogens is 557 g/mol. The third-order valence-electron chi connectivity index (χ3n) is 7.60. The van der Waals surface area contributed by atoms with Gasteiger partial charge in [0.05, 0.1) is 63.1 Å². The summed E-state index contributed by atoms with van der Waals surface area (Å²) in [6, 6.07) is 26.9. The van der Waals surface area contributed by atoms with Gasteiger partial charge in [-0.25, -0.2) is 0 Å². The smallest absolute Gasteiger partial charge is 0.119 e. The SMILES string of the molecule is [B]C(Nc1cc(Cl)c2ncc(C#N)c(N[C@H](CC#N)c3ccccc3)c2c1)(C1=CN(C2CC2)NN1)c1cccc(C#N)c1. The van der Waals surface area contributed by atoms with Crippen molar-refractivity contribution in [2.75, 3.05) is 10.6 Å². The molecule has 1 aromatic heterocycles. The van der Waals surface area contributed by atoms with E-state index in [1.165, 1.54) is 6.20 Å². The summed E-state index contributed by atoms with van der Waals surface area (Å²) in [5.41, 5.74) is 9.61. The highest BCUT2D eigenvalue weighted by molar-refractivity contribution is 6.36. The van der Waals surface area contributed by atoms with Crippen molar-refractivity contribution in [2.45, 2.75) is 36.8 Å². The first-order chi connectivity index (χ1) is 20.9. The van der Waals surface area contributed by atoms with Crippen LogP contribution < -0.4 is 21.6 Å². The molecule has 208 valence electrons. The summed E-state index contributed by atoms with van der Waals surface area (Å²) < 4.78 is 0. The van der Waals surface area contributed by atoms with Crippen LogP contribution in [0, 0.1) is 34.0 Å². The van der Waals surface area contributed by atoms with E-state index in [1.54, 1.807) is 24.3 Å². The molecule has 2 atom stereocenters. The number of pyridine rings is 1. The molecule has 4 aromatic rings. The number of fused-ring (bicyclic) bond motifs is 1. The Morgan fingerprint density at radius 1 is 1.07 bits per heavy atom. The minimum atomic E-state index is -1.30. The molecule has 0 bridgehead atoms. The fraction of sp³-hybridized carbons (Fsp3) is 0.188. The van der Waals surface area contributed by atoms with Crippen LogP contribution in [0.1, 0.15) is 47.6 Å². The lowest BCUT2D eigenvalue weighted by Gasteiger charge is -2.34. The van der Waals surface area contributed by atoms with Gasteiger partial charge in [-0.2, -0.15) is 15.8 Å². The Kier molecular flexibility index (Phi) is 7.53. The fourth-order valence-electron chi connectivity index (χ4n) is 5.21. The molecule has 2 radical (unpaired) electrons. The summed E-state index contributed by atoms with van der Waals surface area (Å²) >= 11 is 6.80. The van der Waals surface area contributed by atoms with Crippen molar-refractivity contribution in [3.05, 3.63) is 112 Å². The van der Waals surface area contributed by atoms with E-state index in [2.05, 4.69) is 44.8 Å². The molecule has 1 unspecified atom stereocenters. The van der Waals surface area contributed by atoms with Crippen LogP contribution in [0.5, 0.6) is 0 Å². The Labute approximate surface area is 255 Å². The lowest BCUT2D eigenvalue weighted by Crippen LogP contribution is -2.45. The zero-order valence-corrected chi connectivity index (χ0v) is 23.7. The molecule has 1 aliphatic carbocycles. The number of nitrogens with zero attached hydrogens (tertiary/aromatic N) is 5. The number of rotatable bonds is 9. The van der Waals surface area contributed by atoms with Crippen LogP contribution in [0.4, 0.5) is 11.4 Å². The molecule has 0 spiro atoms. The first kappa shape index (κ1) is 27.9. The average Bonchev–Trinajstić information content (AvgIpc) is 3.76. The lowest BCUT2D eigenvalue weighted by atomic mass is 9.69. The first-order valence-corrected chi connectivity index (χ1v) is 14.1. The minimum Gasteiger partial charge on any atom is -0.378 e. The van der Waals surface area contributed by atoms with E-state index < -0.39 is 5.44 Å². The van der Waals surface area contributed by atoms with E-state index in [0.717, 1.165) is 18.4 Å². The molecule has 1 fully saturated rings. The van der Waals surface area contributed by atoms with Gasteiger partial charge in [0.1, 0.15) is 13.9 Å². The maximum absolute atomic E-state index is 10.0. The fourth-order valence-corrected chi connectivity index (χ4v) is 5.48. The van der Waals surface area contributed by atoms with Crippen molar-refractivity contribution in [3.8, 4) is 18.2 Å². The van der Waals surface area contributed by atoms with Crippen LogP contribution in [0.3, 0.4) is 0 Å². The Balaban J connectivity index is 1.46. The van der Waals surface area contributed by atoms with Crippen LogP contribution >= 0.6 is 11.6 Å². The number of hydrazine groups is 2. The van der Waals surface area contributed by atoms with E-state index in [0.29, 0.717) is 55.7 Å². The third-order valence-corrected chi connectivity index (χ3v) is 7.89. The van der Waals surface area contributed by atoms with E-state index >= 15 is 0 Å². The van der Waals surface area contributed by atoms with Crippen molar-refractivity contribution >= 4 is 41.7 Å². The maximum Gasteiger partial charge on any atom is 0.119 e. The Morgan fingerprint density at radius 3 is 2.60 bits per heavy atom. The van der Waals surface area contributed by atoms with Crippen molar-refractivity contribution in [2.24, 2.45) is 0 Å². The van der Waals surface area contributed by atoms with Crippen LogP contribution in [0.2, 0.25) is 5.02 Å². The standard InChI is InChI=1S/C32H25BClN9/c33-32(23-8-4-5-20(13-23)16-36,29-19-43(42-41-29)25-9-10-25)40-24-14-26-30(22(17-37)18-38-31(26)27(34)15-24)39-28(11-12-35)21-6-2-1-3-7-21/h1-8,13-15,18-19,25,28,40-42H,9-11H2,(H,38,39)/t28-,32?/m1/s1. The van der Waals surface area contributed by atoms with E-state index in [4.69, 9.17) is 19.4 Å². The molecule has 2 heterocycles. The summed E-state index contributed by atoms with van der Waals surface area (Å²) in [6.45, 7) is 0. The number of nitriles is 3. The largest absolute Gasteiger partial charge is 0.378 e. The number of benzene rings is 3. The first-order valence-electron chi connectivity index (χ1n) is 13.7. The van der Waals surface area contributed by atoms with Crippen molar-refractivity contribution in [3.63, 3.8) is 0 Å². The number of hydrogen-bond donors (Lipinski definition) is 4. The summed E-state index contributed by atoms with van der Waals surface area (Å²) in [7, 11) is 7.17. The highest BCUT2D eigenvalue weighted by Gasteiger charge is 2.38. The molecule has 43 heavy (non-hydrogen) atoms. The van der Waals surface area contributed by atoms with Gasteiger partial charge in [-0.15, -0.1) is 5.53 Å². The summed E-state index contributed by atoms with van der Waals surface area (Å²) in [4.78, 5) is 4.48. The zero-order chi connectivity index (χ0) is 30.0. The Hall–Kier alpha value is -5.21. The molecule has 6 rings (SSSR count). The Morgan fingerprint density at radius 2 is 1.88 bits per heavy atom. The molecule has 0 saturated heterocycles. The molecule has 2 aliphatic rings. The molecule has 4 N–H and O–H groups in total. The second kappa shape index (κ2) is 11.6. The van der Waals surface area contributed by atoms with Gasteiger partial charge in [0.2, 0.25) is 0 Å². The van der Waals surface area contributed by atoms with Crippen molar-refractivity contribution in [1.29, 1.82) is 15.8 Å². The normalized spacial score (nSPS) is 16.1. The number of aromatic nitrogens is 1. The van der Waals surface area contributed by atoms with E-state index in [-0.39, 0.29) is 12.5 Å². The van der Waals surface area contributed by atoms with Crippen LogP contribution in [-0.4, -0.2) is 23.9 Å². The lowest BCUT2D eigenvalue weighted by molar-refractivity contribution is 0.260. The highest BCUT2D eigenvalue weighted by atomic mass is 35.5. The average molecular weight is 582 g/mol. The van der Waals surface area contributed by atoms with Crippen LogP contribution in [-0.2, 0) is 5.44 Å². The van der Waals surface area contributed by atoms with Gasteiger partial charge in [0, 0.05) is 29.5 Å². The highest BCUT2D eigenvalue weighted by Crippen LogP contribution is 2.39. The van der Waals surface area contributed by atoms with E-state index in [1.807, 2.05) is 53.7 Å². The molecule has 3 aromatic carbocycles. The minimum absolute atomic E-state index is 0.176. The molecule has 9 nitrogen and oxygen atoms in total. The van der Waals surface area contributed by atoms with Gasteiger partial charge < -0.3 is 16.1 Å². The quantitative estimate of drug-likeness (QED) is 0.190. The predicted octanol–water partition coefficient (Wildman–Crippen LogP) is 5.46. The third kappa shape index (κ3) is 5.52. The maximum atomic E-state index is 10.0. The van der Waals surface area contributed by atoms with Gasteiger partial charge >= 0.3 is 0 Å². The van der Waals surface area contributed by atoms with E-state index in [9.17, 15) is 15.8 Å².